The number of hydrogen-bond donors (Lipinski definition) is 1. The lowest BCUT2D eigenvalue weighted by atomic mass is 9.94. The molecule has 1 aromatic heterocycles. The molecule has 0 saturated carbocycles. The van der Waals surface area contributed by atoms with Crippen LogP contribution in [0.3, 0.4) is 0 Å². The first kappa shape index (κ1) is 14.6. The lowest BCUT2D eigenvalue weighted by Gasteiger charge is -2.22. The third kappa shape index (κ3) is 3.44. The zero-order valence-corrected chi connectivity index (χ0v) is 12.5. The summed E-state index contributed by atoms with van der Waals surface area (Å²) >= 11 is 0. The van der Waals surface area contributed by atoms with E-state index in [2.05, 4.69) is 22.4 Å². The molecule has 1 saturated heterocycles. The summed E-state index contributed by atoms with van der Waals surface area (Å²) in [6, 6.07) is 15.6. The second-order valence-corrected chi connectivity index (χ2v) is 5.48. The van der Waals surface area contributed by atoms with Gasteiger partial charge in [0.2, 0.25) is 5.88 Å². The van der Waals surface area contributed by atoms with Gasteiger partial charge in [-0.1, -0.05) is 24.3 Å². The van der Waals surface area contributed by atoms with Crippen LogP contribution < -0.4 is 10.1 Å². The van der Waals surface area contributed by atoms with E-state index in [9.17, 15) is 0 Å². The fraction of sp³-hybridized carbons (Fsp3) is 0.333. The molecule has 0 unspecified atom stereocenters. The van der Waals surface area contributed by atoms with Gasteiger partial charge in [0, 0.05) is 23.2 Å². The molecule has 2 heterocycles. The number of ether oxygens (including phenoxy) is 1. The fourth-order valence-corrected chi connectivity index (χ4v) is 2.76. The van der Waals surface area contributed by atoms with Crippen molar-refractivity contribution in [1.29, 1.82) is 5.26 Å². The zero-order valence-electron chi connectivity index (χ0n) is 12.5. The van der Waals surface area contributed by atoms with Crippen LogP contribution >= 0.6 is 0 Å². The lowest BCUT2D eigenvalue weighted by Crippen LogP contribution is -2.27. The fourth-order valence-electron chi connectivity index (χ4n) is 2.76. The van der Waals surface area contributed by atoms with Gasteiger partial charge >= 0.3 is 0 Å². The van der Waals surface area contributed by atoms with E-state index < -0.39 is 0 Å². The van der Waals surface area contributed by atoms with Crippen molar-refractivity contribution in [2.75, 3.05) is 13.1 Å². The molecule has 0 spiro atoms. The first-order chi connectivity index (χ1) is 10.9. The minimum Gasteiger partial charge on any atom is -0.473 e. The number of piperidine rings is 1. The first-order valence-electron chi connectivity index (χ1n) is 7.65. The van der Waals surface area contributed by atoms with E-state index in [1.807, 2.05) is 30.3 Å². The number of benzene rings is 1. The van der Waals surface area contributed by atoms with E-state index >= 15 is 0 Å². The van der Waals surface area contributed by atoms with Crippen LogP contribution in [0.4, 0.5) is 0 Å². The molecular formula is C18H19N3O. The third-order valence-corrected chi connectivity index (χ3v) is 4.02. The van der Waals surface area contributed by atoms with Crippen LogP contribution in [0.15, 0.2) is 42.5 Å². The Morgan fingerprint density at radius 2 is 1.95 bits per heavy atom. The van der Waals surface area contributed by atoms with Crippen molar-refractivity contribution < 1.29 is 4.74 Å². The van der Waals surface area contributed by atoms with E-state index in [1.165, 1.54) is 0 Å². The highest BCUT2D eigenvalue weighted by Gasteiger charge is 2.16. The Labute approximate surface area is 130 Å². The highest BCUT2D eigenvalue weighted by molar-refractivity contribution is 5.37. The van der Waals surface area contributed by atoms with Gasteiger partial charge in [0.1, 0.15) is 6.61 Å². The smallest absolute Gasteiger partial charge is 0.213 e. The molecule has 0 atom stereocenters. The standard InChI is InChI=1S/C18H19N3O/c19-12-15-4-1-2-5-16(15)13-22-18-7-3-6-17(21-18)14-8-10-20-11-9-14/h1-7,14,20H,8-11,13H2. The number of aromatic nitrogens is 1. The summed E-state index contributed by atoms with van der Waals surface area (Å²) in [6.07, 6.45) is 2.24. The molecule has 1 fully saturated rings. The first-order valence-corrected chi connectivity index (χ1v) is 7.65. The van der Waals surface area contributed by atoms with Crippen LogP contribution in [0.25, 0.3) is 0 Å². The predicted octanol–water partition coefficient (Wildman–Crippen LogP) is 3.00. The molecule has 2 aromatic rings. The van der Waals surface area contributed by atoms with E-state index in [0.717, 1.165) is 37.2 Å². The quantitative estimate of drug-likeness (QED) is 0.941. The molecule has 0 bridgehead atoms. The van der Waals surface area contributed by atoms with Crippen LogP contribution in [0, 0.1) is 11.3 Å². The molecule has 1 N–H and O–H groups in total. The molecule has 1 aliphatic rings. The monoisotopic (exact) mass is 293 g/mol. The summed E-state index contributed by atoms with van der Waals surface area (Å²) in [5.74, 6) is 1.14. The van der Waals surface area contributed by atoms with Crippen molar-refractivity contribution in [2.45, 2.75) is 25.4 Å². The Morgan fingerprint density at radius 3 is 2.77 bits per heavy atom. The van der Waals surface area contributed by atoms with Gasteiger partial charge in [-0.3, -0.25) is 0 Å². The number of pyridine rings is 1. The van der Waals surface area contributed by atoms with Crippen molar-refractivity contribution in [1.82, 2.24) is 10.3 Å². The summed E-state index contributed by atoms with van der Waals surface area (Å²) in [7, 11) is 0. The van der Waals surface area contributed by atoms with E-state index in [4.69, 9.17) is 10.00 Å². The molecule has 4 heteroatoms. The molecule has 22 heavy (non-hydrogen) atoms. The van der Waals surface area contributed by atoms with Crippen molar-refractivity contribution in [2.24, 2.45) is 0 Å². The van der Waals surface area contributed by atoms with Gasteiger partial charge in [0.25, 0.3) is 0 Å². The third-order valence-electron chi connectivity index (χ3n) is 4.02. The maximum Gasteiger partial charge on any atom is 0.213 e. The van der Waals surface area contributed by atoms with Gasteiger partial charge in [-0.05, 0) is 38.1 Å². The average Bonchev–Trinajstić information content (AvgIpc) is 2.61. The molecule has 0 amide bonds. The molecule has 0 aliphatic carbocycles. The molecular weight excluding hydrogens is 274 g/mol. The Bertz CT molecular complexity index is 672. The van der Waals surface area contributed by atoms with Crippen molar-refractivity contribution in [3.63, 3.8) is 0 Å². The lowest BCUT2D eigenvalue weighted by molar-refractivity contribution is 0.291. The summed E-state index contributed by atoms with van der Waals surface area (Å²) in [5.41, 5.74) is 2.64. The normalized spacial score (nSPS) is 15.2. The molecule has 112 valence electrons. The predicted molar refractivity (Wildman–Crippen MR) is 84.6 cm³/mol. The molecule has 1 aromatic carbocycles. The van der Waals surface area contributed by atoms with Gasteiger partial charge in [-0.15, -0.1) is 0 Å². The Hall–Kier alpha value is -2.38. The number of nitrogens with one attached hydrogen (secondary N) is 1. The van der Waals surface area contributed by atoms with Crippen molar-refractivity contribution >= 4 is 0 Å². The number of nitriles is 1. The minimum absolute atomic E-state index is 0.367. The second kappa shape index (κ2) is 7.06. The molecule has 3 rings (SSSR count). The summed E-state index contributed by atoms with van der Waals surface area (Å²) < 4.78 is 5.79. The summed E-state index contributed by atoms with van der Waals surface area (Å²) in [4.78, 5) is 4.63. The minimum atomic E-state index is 0.367. The van der Waals surface area contributed by atoms with Gasteiger partial charge in [0.05, 0.1) is 11.6 Å². The van der Waals surface area contributed by atoms with Gasteiger partial charge in [-0.25, -0.2) is 4.98 Å². The van der Waals surface area contributed by atoms with E-state index in [0.29, 0.717) is 24.0 Å². The van der Waals surface area contributed by atoms with Crippen molar-refractivity contribution in [3.05, 3.63) is 59.3 Å². The highest BCUT2D eigenvalue weighted by Crippen LogP contribution is 2.25. The van der Waals surface area contributed by atoms with Crippen LogP contribution in [0.2, 0.25) is 0 Å². The van der Waals surface area contributed by atoms with Crippen LogP contribution in [-0.4, -0.2) is 18.1 Å². The van der Waals surface area contributed by atoms with Gasteiger partial charge in [0.15, 0.2) is 0 Å². The van der Waals surface area contributed by atoms with E-state index in [-0.39, 0.29) is 0 Å². The Morgan fingerprint density at radius 1 is 1.14 bits per heavy atom. The SMILES string of the molecule is N#Cc1ccccc1COc1cccc(C2CCNCC2)n1. The Kier molecular flexibility index (Phi) is 4.67. The number of hydrogen-bond acceptors (Lipinski definition) is 4. The second-order valence-electron chi connectivity index (χ2n) is 5.48. The molecule has 0 radical (unpaired) electrons. The summed E-state index contributed by atoms with van der Waals surface area (Å²) in [5, 5.41) is 12.5. The van der Waals surface area contributed by atoms with Crippen LogP contribution in [0.1, 0.15) is 35.6 Å². The number of rotatable bonds is 4. The Balaban J connectivity index is 1.69. The van der Waals surface area contributed by atoms with Crippen LogP contribution in [0.5, 0.6) is 5.88 Å². The molecule has 4 nitrogen and oxygen atoms in total. The topological polar surface area (TPSA) is 57.9 Å². The maximum atomic E-state index is 9.10. The van der Waals surface area contributed by atoms with Crippen molar-refractivity contribution in [3.8, 4) is 11.9 Å². The van der Waals surface area contributed by atoms with E-state index in [1.54, 1.807) is 6.07 Å². The van der Waals surface area contributed by atoms with Crippen LogP contribution in [-0.2, 0) is 6.61 Å². The van der Waals surface area contributed by atoms with Gasteiger partial charge < -0.3 is 10.1 Å². The van der Waals surface area contributed by atoms with Gasteiger partial charge in [-0.2, -0.15) is 5.26 Å². The highest BCUT2D eigenvalue weighted by atomic mass is 16.5. The zero-order chi connectivity index (χ0) is 15.2. The maximum absolute atomic E-state index is 9.10. The summed E-state index contributed by atoms with van der Waals surface area (Å²) in [6.45, 7) is 2.46. The largest absolute Gasteiger partial charge is 0.473 e. The average molecular weight is 293 g/mol. The number of nitrogens with zero attached hydrogens (tertiary/aromatic N) is 2. The molecule has 1 aliphatic heterocycles.